The molecule has 0 fully saturated rings. The number of halogens is 1. The Hall–Kier alpha value is -3.87. The SMILES string of the molecule is COc1cc(/C=N/NC(=O)c2ccc(O)cc2)ccc1OCc1ccc(F)cc1. The Labute approximate surface area is 167 Å². The highest BCUT2D eigenvalue weighted by atomic mass is 19.1. The molecule has 0 bridgehead atoms. The van der Waals surface area contributed by atoms with Crippen LogP contribution in [0.4, 0.5) is 4.39 Å². The predicted octanol–water partition coefficient (Wildman–Crippen LogP) is 3.88. The minimum atomic E-state index is -0.396. The van der Waals surface area contributed by atoms with E-state index in [0.29, 0.717) is 22.6 Å². The summed E-state index contributed by atoms with van der Waals surface area (Å²) >= 11 is 0. The van der Waals surface area contributed by atoms with E-state index >= 15 is 0 Å². The zero-order valence-electron chi connectivity index (χ0n) is 15.6. The zero-order valence-corrected chi connectivity index (χ0v) is 15.6. The highest BCUT2D eigenvalue weighted by Crippen LogP contribution is 2.28. The Balaban J connectivity index is 1.61. The first-order valence-corrected chi connectivity index (χ1v) is 8.73. The minimum absolute atomic E-state index is 0.0823. The largest absolute Gasteiger partial charge is 0.508 e. The molecule has 0 aliphatic heterocycles. The molecule has 0 unspecified atom stereocenters. The number of aromatic hydroxyl groups is 1. The van der Waals surface area contributed by atoms with Crippen molar-refractivity contribution in [2.75, 3.05) is 7.11 Å². The fourth-order valence-electron chi connectivity index (χ4n) is 2.47. The van der Waals surface area contributed by atoms with Gasteiger partial charge in [-0.25, -0.2) is 9.82 Å². The third-order valence-corrected chi connectivity index (χ3v) is 4.00. The number of phenols is 1. The van der Waals surface area contributed by atoms with Gasteiger partial charge in [-0.1, -0.05) is 12.1 Å². The number of nitrogens with zero attached hydrogens (tertiary/aromatic N) is 1. The number of hydrogen-bond acceptors (Lipinski definition) is 5. The summed E-state index contributed by atoms with van der Waals surface area (Å²) in [5.41, 5.74) is 4.32. The molecule has 148 valence electrons. The molecule has 1 amide bonds. The van der Waals surface area contributed by atoms with Crippen molar-refractivity contribution < 1.29 is 23.8 Å². The molecule has 0 radical (unpaired) electrons. The van der Waals surface area contributed by atoms with E-state index in [9.17, 15) is 14.3 Å². The third-order valence-electron chi connectivity index (χ3n) is 4.00. The second-order valence-corrected chi connectivity index (χ2v) is 6.07. The molecule has 3 aromatic carbocycles. The van der Waals surface area contributed by atoms with E-state index in [1.54, 1.807) is 30.3 Å². The number of methoxy groups -OCH3 is 1. The number of carbonyl (C=O) groups excluding carboxylic acids is 1. The molecule has 0 saturated carbocycles. The van der Waals surface area contributed by atoms with E-state index in [1.807, 2.05) is 0 Å². The minimum Gasteiger partial charge on any atom is -0.508 e. The first-order chi connectivity index (χ1) is 14.0. The summed E-state index contributed by atoms with van der Waals surface area (Å²) in [7, 11) is 1.52. The van der Waals surface area contributed by atoms with Crippen LogP contribution in [0.3, 0.4) is 0 Å². The normalized spacial score (nSPS) is 10.7. The summed E-state index contributed by atoms with van der Waals surface area (Å²) in [6, 6.07) is 17.1. The second-order valence-electron chi connectivity index (χ2n) is 6.07. The Kier molecular flexibility index (Phi) is 6.42. The number of amides is 1. The van der Waals surface area contributed by atoms with Crippen molar-refractivity contribution in [3.05, 3.63) is 89.2 Å². The quantitative estimate of drug-likeness (QED) is 0.471. The highest BCUT2D eigenvalue weighted by Gasteiger charge is 2.07. The van der Waals surface area contributed by atoms with Gasteiger partial charge in [0, 0.05) is 5.56 Å². The molecule has 29 heavy (non-hydrogen) atoms. The van der Waals surface area contributed by atoms with Crippen LogP contribution in [-0.4, -0.2) is 24.3 Å². The van der Waals surface area contributed by atoms with Gasteiger partial charge in [-0.3, -0.25) is 4.79 Å². The number of ether oxygens (including phenoxy) is 2. The van der Waals surface area contributed by atoms with Gasteiger partial charge in [0.05, 0.1) is 13.3 Å². The van der Waals surface area contributed by atoms with Crippen LogP contribution in [0, 0.1) is 5.82 Å². The van der Waals surface area contributed by atoms with Crippen molar-refractivity contribution in [2.45, 2.75) is 6.61 Å². The Morgan fingerprint density at radius 3 is 2.48 bits per heavy atom. The molecule has 0 heterocycles. The average Bonchev–Trinajstić information content (AvgIpc) is 2.74. The van der Waals surface area contributed by atoms with Crippen molar-refractivity contribution in [1.29, 1.82) is 0 Å². The lowest BCUT2D eigenvalue weighted by Gasteiger charge is -2.11. The summed E-state index contributed by atoms with van der Waals surface area (Å²) in [6.07, 6.45) is 1.48. The van der Waals surface area contributed by atoms with Gasteiger partial charge in [0.15, 0.2) is 11.5 Å². The van der Waals surface area contributed by atoms with Crippen molar-refractivity contribution in [3.8, 4) is 17.2 Å². The summed E-state index contributed by atoms with van der Waals surface area (Å²) < 4.78 is 24.0. The lowest BCUT2D eigenvalue weighted by Crippen LogP contribution is -2.17. The molecule has 2 N–H and O–H groups in total. The molecular formula is C22H19FN2O4. The van der Waals surface area contributed by atoms with Crippen LogP contribution in [0.5, 0.6) is 17.2 Å². The number of nitrogens with one attached hydrogen (secondary N) is 1. The topological polar surface area (TPSA) is 80.2 Å². The molecular weight excluding hydrogens is 375 g/mol. The highest BCUT2D eigenvalue weighted by molar-refractivity contribution is 5.95. The maximum Gasteiger partial charge on any atom is 0.271 e. The Morgan fingerprint density at radius 1 is 1.07 bits per heavy atom. The lowest BCUT2D eigenvalue weighted by atomic mass is 10.2. The van der Waals surface area contributed by atoms with Crippen LogP contribution in [0.25, 0.3) is 0 Å². The number of hydrogen-bond donors (Lipinski definition) is 2. The maximum atomic E-state index is 13.0. The molecule has 7 heteroatoms. The van der Waals surface area contributed by atoms with Gasteiger partial charge in [0.25, 0.3) is 5.91 Å². The Bertz CT molecular complexity index is 1000. The van der Waals surface area contributed by atoms with Crippen LogP contribution in [0.15, 0.2) is 71.8 Å². The molecule has 0 saturated heterocycles. The molecule has 0 atom stereocenters. The van der Waals surface area contributed by atoms with Gasteiger partial charge < -0.3 is 14.6 Å². The number of benzene rings is 3. The van der Waals surface area contributed by atoms with E-state index in [-0.39, 0.29) is 18.2 Å². The number of phenolic OH excluding ortho intramolecular Hbond substituents is 1. The molecule has 0 aromatic heterocycles. The van der Waals surface area contributed by atoms with E-state index in [1.165, 1.54) is 49.7 Å². The van der Waals surface area contributed by atoms with Gasteiger partial charge >= 0.3 is 0 Å². The fourth-order valence-corrected chi connectivity index (χ4v) is 2.47. The van der Waals surface area contributed by atoms with Gasteiger partial charge in [-0.2, -0.15) is 5.10 Å². The standard InChI is InChI=1S/C22H19FN2O4/c1-28-21-12-16(13-24-25-22(27)17-5-9-19(26)10-6-17)4-11-20(21)29-14-15-2-7-18(23)8-3-15/h2-13,26H,14H2,1H3,(H,25,27)/b24-13+. The van der Waals surface area contributed by atoms with Gasteiger partial charge in [0.2, 0.25) is 0 Å². The molecule has 0 aliphatic rings. The number of carbonyl (C=O) groups is 1. The van der Waals surface area contributed by atoms with Crippen molar-refractivity contribution in [2.24, 2.45) is 5.10 Å². The van der Waals surface area contributed by atoms with Crippen LogP contribution >= 0.6 is 0 Å². The zero-order chi connectivity index (χ0) is 20.6. The number of hydrazone groups is 1. The third kappa shape index (κ3) is 5.55. The number of rotatable bonds is 7. The monoisotopic (exact) mass is 394 g/mol. The summed E-state index contributed by atoms with van der Waals surface area (Å²) in [5, 5.41) is 13.2. The van der Waals surface area contributed by atoms with Crippen molar-refractivity contribution in [1.82, 2.24) is 5.43 Å². The van der Waals surface area contributed by atoms with Crippen LogP contribution in [0.2, 0.25) is 0 Å². The van der Waals surface area contributed by atoms with Crippen molar-refractivity contribution in [3.63, 3.8) is 0 Å². The lowest BCUT2D eigenvalue weighted by molar-refractivity contribution is 0.0955. The van der Waals surface area contributed by atoms with E-state index in [2.05, 4.69) is 10.5 Å². The van der Waals surface area contributed by atoms with Crippen LogP contribution < -0.4 is 14.9 Å². The van der Waals surface area contributed by atoms with Gasteiger partial charge in [-0.15, -0.1) is 0 Å². The van der Waals surface area contributed by atoms with Crippen LogP contribution in [-0.2, 0) is 6.61 Å². The first kappa shape index (κ1) is 19.9. The fraction of sp³-hybridized carbons (Fsp3) is 0.0909. The van der Waals surface area contributed by atoms with Gasteiger partial charge in [0.1, 0.15) is 18.2 Å². The molecule has 6 nitrogen and oxygen atoms in total. The van der Waals surface area contributed by atoms with E-state index < -0.39 is 5.91 Å². The average molecular weight is 394 g/mol. The molecule has 0 spiro atoms. The smallest absolute Gasteiger partial charge is 0.271 e. The Morgan fingerprint density at radius 2 is 1.79 bits per heavy atom. The first-order valence-electron chi connectivity index (χ1n) is 8.73. The predicted molar refractivity (Wildman–Crippen MR) is 107 cm³/mol. The second kappa shape index (κ2) is 9.36. The van der Waals surface area contributed by atoms with E-state index in [4.69, 9.17) is 9.47 Å². The molecule has 3 aromatic rings. The molecule has 3 rings (SSSR count). The summed E-state index contributed by atoms with van der Waals surface area (Å²) in [6.45, 7) is 0.271. The van der Waals surface area contributed by atoms with Crippen LogP contribution in [0.1, 0.15) is 21.5 Å². The molecule has 0 aliphatic carbocycles. The van der Waals surface area contributed by atoms with E-state index in [0.717, 1.165) is 5.56 Å². The summed E-state index contributed by atoms with van der Waals surface area (Å²) in [4.78, 5) is 12.0. The van der Waals surface area contributed by atoms with Crippen molar-refractivity contribution >= 4 is 12.1 Å². The van der Waals surface area contributed by atoms with Gasteiger partial charge in [-0.05, 0) is 65.7 Å². The summed E-state index contributed by atoms with van der Waals surface area (Å²) in [5.74, 6) is 0.418. The maximum absolute atomic E-state index is 13.0.